The Morgan fingerprint density at radius 3 is 2.50 bits per heavy atom. The number of amides is 1. The molecule has 0 radical (unpaired) electrons. The minimum atomic E-state index is -1.14. The first-order chi connectivity index (χ1) is 9.47. The Hall–Kier alpha value is -2.47. The minimum absolute atomic E-state index is 0.0121. The smallest absolute Gasteiger partial charge is 0.335 e. The van der Waals surface area contributed by atoms with Crippen molar-refractivity contribution in [3.8, 4) is 0 Å². The molecule has 2 aromatic rings. The highest BCUT2D eigenvalue weighted by atomic mass is 35.5. The molecule has 0 aliphatic rings. The standard InChI is InChI=1S/C13H8ClFN2O3/c14-9-3-1-7(13(19)20)5-10(9)17-12(18)8-2-4-11(15)16-6-8/h1-6H,(H,17,18)(H,19,20). The summed E-state index contributed by atoms with van der Waals surface area (Å²) >= 11 is 5.87. The number of halogens is 2. The molecule has 0 saturated heterocycles. The Morgan fingerprint density at radius 1 is 1.20 bits per heavy atom. The number of carboxylic acids is 1. The third-order valence-corrected chi connectivity index (χ3v) is 2.78. The number of pyridine rings is 1. The van der Waals surface area contributed by atoms with E-state index in [4.69, 9.17) is 16.7 Å². The third kappa shape index (κ3) is 3.10. The predicted octanol–water partition coefficient (Wildman–Crippen LogP) is 2.82. The molecule has 0 aliphatic heterocycles. The van der Waals surface area contributed by atoms with Crippen LogP contribution in [-0.2, 0) is 0 Å². The molecule has 0 aliphatic carbocycles. The van der Waals surface area contributed by atoms with Gasteiger partial charge >= 0.3 is 5.97 Å². The maximum Gasteiger partial charge on any atom is 0.335 e. The van der Waals surface area contributed by atoms with Crippen LogP contribution in [0.25, 0.3) is 0 Å². The van der Waals surface area contributed by atoms with E-state index in [0.29, 0.717) is 0 Å². The van der Waals surface area contributed by atoms with Crippen molar-refractivity contribution in [1.29, 1.82) is 0 Å². The number of carbonyl (C=O) groups is 2. The zero-order valence-corrected chi connectivity index (χ0v) is 10.7. The number of nitrogens with zero attached hydrogens (tertiary/aromatic N) is 1. The van der Waals surface area contributed by atoms with Gasteiger partial charge < -0.3 is 10.4 Å². The number of aromatic nitrogens is 1. The van der Waals surface area contributed by atoms with E-state index in [1.165, 1.54) is 24.3 Å². The van der Waals surface area contributed by atoms with Crippen LogP contribution in [0.2, 0.25) is 5.02 Å². The van der Waals surface area contributed by atoms with E-state index >= 15 is 0 Å². The first-order valence-electron chi connectivity index (χ1n) is 5.43. The van der Waals surface area contributed by atoms with E-state index in [1.807, 2.05) is 0 Å². The molecular weight excluding hydrogens is 287 g/mol. The molecule has 7 heteroatoms. The van der Waals surface area contributed by atoms with E-state index in [0.717, 1.165) is 12.3 Å². The fourth-order valence-electron chi connectivity index (χ4n) is 1.46. The maximum absolute atomic E-state index is 12.7. The lowest BCUT2D eigenvalue weighted by molar-refractivity contribution is 0.0696. The highest BCUT2D eigenvalue weighted by molar-refractivity contribution is 6.34. The number of carboxylic acid groups (broad SMARTS) is 1. The summed E-state index contributed by atoms with van der Waals surface area (Å²) in [6.07, 6.45) is 1.07. The zero-order valence-electron chi connectivity index (χ0n) is 9.93. The Bertz CT molecular complexity index is 674. The van der Waals surface area contributed by atoms with Gasteiger partial charge in [-0.25, -0.2) is 9.78 Å². The molecule has 1 amide bonds. The van der Waals surface area contributed by atoms with E-state index in [2.05, 4.69) is 10.3 Å². The van der Waals surface area contributed by atoms with Crippen LogP contribution in [0.5, 0.6) is 0 Å². The molecule has 102 valence electrons. The van der Waals surface area contributed by atoms with Gasteiger partial charge in [0, 0.05) is 6.20 Å². The van der Waals surface area contributed by atoms with Crippen LogP contribution >= 0.6 is 11.6 Å². The van der Waals surface area contributed by atoms with Gasteiger partial charge in [-0.2, -0.15) is 4.39 Å². The molecule has 1 aromatic heterocycles. The zero-order chi connectivity index (χ0) is 14.7. The van der Waals surface area contributed by atoms with E-state index in [-0.39, 0.29) is 21.8 Å². The van der Waals surface area contributed by atoms with Crippen molar-refractivity contribution in [3.05, 3.63) is 58.6 Å². The first kappa shape index (κ1) is 14.0. The largest absolute Gasteiger partial charge is 0.478 e. The van der Waals surface area contributed by atoms with Crippen LogP contribution in [0.15, 0.2) is 36.5 Å². The van der Waals surface area contributed by atoms with Gasteiger partial charge in [-0.05, 0) is 30.3 Å². The Balaban J connectivity index is 2.25. The van der Waals surface area contributed by atoms with Gasteiger partial charge in [0.2, 0.25) is 5.95 Å². The van der Waals surface area contributed by atoms with Crippen LogP contribution in [0.4, 0.5) is 10.1 Å². The number of nitrogens with one attached hydrogen (secondary N) is 1. The van der Waals surface area contributed by atoms with Crippen molar-refractivity contribution in [2.45, 2.75) is 0 Å². The van der Waals surface area contributed by atoms with E-state index in [9.17, 15) is 14.0 Å². The first-order valence-corrected chi connectivity index (χ1v) is 5.81. The number of aromatic carboxylic acids is 1. The summed E-state index contributed by atoms with van der Waals surface area (Å²) in [6, 6.07) is 6.22. The summed E-state index contributed by atoms with van der Waals surface area (Å²) in [7, 11) is 0. The summed E-state index contributed by atoms with van der Waals surface area (Å²) in [5.41, 5.74) is 0.269. The van der Waals surface area contributed by atoms with Gasteiger partial charge in [0.25, 0.3) is 5.91 Å². The van der Waals surface area contributed by atoms with Crippen LogP contribution in [0.1, 0.15) is 20.7 Å². The Morgan fingerprint density at radius 2 is 1.90 bits per heavy atom. The lowest BCUT2D eigenvalue weighted by atomic mass is 10.2. The monoisotopic (exact) mass is 294 g/mol. The summed E-state index contributed by atoms with van der Waals surface area (Å²) in [6.45, 7) is 0. The molecule has 2 N–H and O–H groups in total. The topological polar surface area (TPSA) is 79.3 Å². The fraction of sp³-hybridized carbons (Fsp3) is 0. The number of carbonyl (C=O) groups excluding carboxylic acids is 1. The van der Waals surface area contributed by atoms with Gasteiger partial charge in [0.05, 0.1) is 21.8 Å². The highest BCUT2D eigenvalue weighted by Gasteiger charge is 2.12. The highest BCUT2D eigenvalue weighted by Crippen LogP contribution is 2.23. The van der Waals surface area contributed by atoms with Crippen molar-refractivity contribution in [2.75, 3.05) is 5.32 Å². The second-order valence-electron chi connectivity index (χ2n) is 3.82. The van der Waals surface area contributed by atoms with Gasteiger partial charge in [0.1, 0.15) is 0 Å². The number of hydrogen-bond donors (Lipinski definition) is 2. The second-order valence-corrected chi connectivity index (χ2v) is 4.23. The molecule has 0 atom stereocenters. The van der Waals surface area contributed by atoms with Gasteiger partial charge in [-0.15, -0.1) is 0 Å². The molecule has 0 saturated carbocycles. The molecular formula is C13H8ClFN2O3. The van der Waals surface area contributed by atoms with E-state index < -0.39 is 17.8 Å². The summed E-state index contributed by atoms with van der Waals surface area (Å²) in [5, 5.41) is 11.5. The van der Waals surface area contributed by atoms with Crippen LogP contribution in [0, 0.1) is 5.95 Å². The second kappa shape index (κ2) is 5.66. The van der Waals surface area contributed by atoms with Crippen LogP contribution < -0.4 is 5.32 Å². The van der Waals surface area contributed by atoms with Gasteiger partial charge in [-0.1, -0.05) is 11.6 Å². The molecule has 2 rings (SSSR count). The molecule has 20 heavy (non-hydrogen) atoms. The number of hydrogen-bond acceptors (Lipinski definition) is 3. The third-order valence-electron chi connectivity index (χ3n) is 2.45. The average Bonchev–Trinajstić information content (AvgIpc) is 2.41. The lowest BCUT2D eigenvalue weighted by Crippen LogP contribution is -2.13. The van der Waals surface area contributed by atoms with Gasteiger partial charge in [-0.3, -0.25) is 4.79 Å². The number of rotatable bonds is 3. The van der Waals surface area contributed by atoms with Crippen LogP contribution in [-0.4, -0.2) is 22.0 Å². The predicted molar refractivity (Wildman–Crippen MR) is 70.6 cm³/mol. The lowest BCUT2D eigenvalue weighted by Gasteiger charge is -2.08. The molecule has 1 heterocycles. The average molecular weight is 295 g/mol. The molecule has 0 bridgehead atoms. The Kier molecular flexibility index (Phi) is 3.95. The van der Waals surface area contributed by atoms with E-state index in [1.54, 1.807) is 0 Å². The number of benzene rings is 1. The van der Waals surface area contributed by atoms with Crippen molar-refractivity contribution in [2.24, 2.45) is 0 Å². The Labute approximate surface area is 118 Å². The fourth-order valence-corrected chi connectivity index (χ4v) is 1.62. The quantitative estimate of drug-likeness (QED) is 0.853. The van der Waals surface area contributed by atoms with Crippen LogP contribution in [0.3, 0.4) is 0 Å². The summed E-state index contributed by atoms with van der Waals surface area (Å²) in [5.74, 6) is -2.41. The van der Waals surface area contributed by atoms with Crippen molar-refractivity contribution in [3.63, 3.8) is 0 Å². The SMILES string of the molecule is O=C(O)c1ccc(Cl)c(NC(=O)c2ccc(F)nc2)c1. The molecule has 1 aromatic carbocycles. The van der Waals surface area contributed by atoms with Crippen molar-refractivity contribution >= 4 is 29.2 Å². The molecule has 0 spiro atoms. The molecule has 0 unspecified atom stereocenters. The molecule has 0 fully saturated rings. The summed E-state index contributed by atoms with van der Waals surface area (Å²) < 4.78 is 12.7. The molecule has 5 nitrogen and oxygen atoms in total. The summed E-state index contributed by atoms with van der Waals surface area (Å²) in [4.78, 5) is 26.1. The van der Waals surface area contributed by atoms with Gasteiger partial charge in [0.15, 0.2) is 0 Å². The minimum Gasteiger partial charge on any atom is -0.478 e. The normalized spacial score (nSPS) is 10.1. The van der Waals surface area contributed by atoms with Crippen molar-refractivity contribution < 1.29 is 19.1 Å². The maximum atomic E-state index is 12.7. The van der Waals surface area contributed by atoms with Crippen molar-refractivity contribution in [1.82, 2.24) is 4.98 Å². The number of anilines is 1.